The maximum absolute atomic E-state index is 14.0. The van der Waals surface area contributed by atoms with E-state index in [1.807, 2.05) is 30.3 Å². The number of aliphatic hydroxyl groups is 2. The molecule has 1 aliphatic carbocycles. The Morgan fingerprint density at radius 2 is 1.81 bits per heavy atom. The predicted molar refractivity (Wildman–Crippen MR) is 129 cm³/mol. The van der Waals surface area contributed by atoms with Crippen molar-refractivity contribution in [2.24, 2.45) is 0 Å². The SMILES string of the molecule is Cc1nc2c(OCc3c(F)cccc3F)cccn2c1C(=O)C[C@]1(c2ccccc2)CC[C@@H](O)[C@H]1O. The maximum Gasteiger partial charge on any atom is 0.182 e. The number of aryl methyl sites for hydroxylation is 1. The molecule has 1 saturated carbocycles. The molecular formula is C28H26F2N2O4. The minimum absolute atomic E-state index is 0.0185. The summed E-state index contributed by atoms with van der Waals surface area (Å²) in [5, 5.41) is 21.3. The van der Waals surface area contributed by atoms with E-state index >= 15 is 0 Å². The van der Waals surface area contributed by atoms with Crippen molar-refractivity contribution < 1.29 is 28.5 Å². The van der Waals surface area contributed by atoms with Gasteiger partial charge in [0.25, 0.3) is 0 Å². The Morgan fingerprint density at radius 1 is 1.08 bits per heavy atom. The number of Topliss-reactive ketones (excluding diaryl/α,β-unsaturated/α-hetero) is 1. The molecule has 5 rings (SSSR count). The number of hydrogen-bond acceptors (Lipinski definition) is 5. The number of halogens is 2. The zero-order valence-corrected chi connectivity index (χ0v) is 19.7. The van der Waals surface area contributed by atoms with Crippen molar-refractivity contribution in [2.75, 3.05) is 0 Å². The second kappa shape index (κ2) is 9.44. The molecular weight excluding hydrogens is 466 g/mol. The summed E-state index contributed by atoms with van der Waals surface area (Å²) < 4.78 is 35.4. The molecule has 4 aromatic rings. The highest BCUT2D eigenvalue weighted by Gasteiger charge is 2.50. The van der Waals surface area contributed by atoms with Crippen molar-refractivity contribution in [3.05, 3.63) is 101 Å². The number of ether oxygens (including phenoxy) is 1. The Morgan fingerprint density at radius 3 is 2.47 bits per heavy atom. The van der Waals surface area contributed by atoms with Gasteiger partial charge in [0.05, 0.1) is 23.5 Å². The fourth-order valence-corrected chi connectivity index (χ4v) is 5.25. The Kier molecular flexibility index (Phi) is 6.32. The molecule has 8 heteroatoms. The number of rotatable bonds is 7. The van der Waals surface area contributed by atoms with Gasteiger partial charge in [-0.2, -0.15) is 0 Å². The van der Waals surface area contributed by atoms with Gasteiger partial charge >= 0.3 is 0 Å². The molecule has 0 spiro atoms. The highest BCUT2D eigenvalue weighted by Crippen LogP contribution is 2.45. The monoisotopic (exact) mass is 492 g/mol. The third-order valence-electron chi connectivity index (χ3n) is 7.13. The molecule has 0 saturated heterocycles. The van der Waals surface area contributed by atoms with Gasteiger partial charge in [0.1, 0.15) is 23.9 Å². The Labute approximate surface area is 206 Å². The van der Waals surface area contributed by atoms with Gasteiger partial charge < -0.3 is 14.9 Å². The second-order valence-electron chi connectivity index (χ2n) is 9.27. The summed E-state index contributed by atoms with van der Waals surface area (Å²) in [5.41, 5.74) is 0.810. The maximum atomic E-state index is 14.0. The number of aliphatic hydroxyl groups excluding tert-OH is 2. The van der Waals surface area contributed by atoms with Gasteiger partial charge in [-0.25, -0.2) is 13.8 Å². The van der Waals surface area contributed by atoms with E-state index in [0.717, 1.165) is 17.7 Å². The number of fused-ring (bicyclic) bond motifs is 1. The number of ketones is 1. The third-order valence-corrected chi connectivity index (χ3v) is 7.13. The molecule has 6 nitrogen and oxygen atoms in total. The largest absolute Gasteiger partial charge is 0.485 e. The van der Waals surface area contributed by atoms with Crippen LogP contribution in [0.5, 0.6) is 5.75 Å². The molecule has 36 heavy (non-hydrogen) atoms. The van der Waals surface area contributed by atoms with Gasteiger partial charge in [0.15, 0.2) is 17.2 Å². The lowest BCUT2D eigenvalue weighted by molar-refractivity contribution is 0.00611. The molecule has 0 unspecified atom stereocenters. The topological polar surface area (TPSA) is 84.1 Å². The van der Waals surface area contributed by atoms with Crippen LogP contribution in [0.2, 0.25) is 0 Å². The molecule has 1 aliphatic rings. The van der Waals surface area contributed by atoms with E-state index in [9.17, 15) is 23.8 Å². The first kappa shape index (κ1) is 24.1. The minimum Gasteiger partial charge on any atom is -0.485 e. The summed E-state index contributed by atoms with van der Waals surface area (Å²) >= 11 is 0. The Bertz CT molecular complexity index is 1400. The zero-order chi connectivity index (χ0) is 25.4. The molecule has 0 amide bonds. The highest BCUT2D eigenvalue weighted by molar-refractivity contribution is 5.97. The second-order valence-corrected chi connectivity index (χ2v) is 9.27. The van der Waals surface area contributed by atoms with Crippen LogP contribution in [0.25, 0.3) is 5.65 Å². The fourth-order valence-electron chi connectivity index (χ4n) is 5.25. The van der Waals surface area contributed by atoms with E-state index in [2.05, 4.69) is 4.98 Å². The van der Waals surface area contributed by atoms with E-state index in [-0.39, 0.29) is 30.1 Å². The van der Waals surface area contributed by atoms with Crippen molar-refractivity contribution in [1.29, 1.82) is 0 Å². The molecule has 186 valence electrons. The normalized spacial score (nSPS) is 21.7. The minimum atomic E-state index is -1.09. The van der Waals surface area contributed by atoms with E-state index in [1.165, 1.54) is 6.07 Å². The van der Waals surface area contributed by atoms with Crippen LogP contribution in [-0.4, -0.2) is 37.6 Å². The number of carbonyl (C=O) groups is 1. The van der Waals surface area contributed by atoms with E-state index in [0.29, 0.717) is 29.9 Å². The summed E-state index contributed by atoms with van der Waals surface area (Å²) in [6.07, 6.45) is 0.505. The van der Waals surface area contributed by atoms with Crippen molar-refractivity contribution >= 4 is 11.4 Å². The standard InChI is InChI=1S/C28H26F2N2O4/c1-17-25(23(34)15-28(13-12-22(33)26(28)35)18-7-3-2-4-8-18)32-14-6-11-24(27(32)31-17)36-16-19-20(29)9-5-10-21(19)30/h2-11,14,22,26,33,35H,12-13,15-16H2,1H3/t22-,26-,28+/m1/s1. The zero-order valence-electron chi connectivity index (χ0n) is 19.7. The molecule has 0 aliphatic heterocycles. The number of aromatic nitrogens is 2. The molecule has 2 aromatic heterocycles. The quantitative estimate of drug-likeness (QED) is 0.371. The van der Waals surface area contributed by atoms with Crippen LogP contribution in [0.15, 0.2) is 66.9 Å². The first-order valence-corrected chi connectivity index (χ1v) is 11.8. The van der Waals surface area contributed by atoms with Gasteiger partial charge in [-0.15, -0.1) is 0 Å². The first-order chi connectivity index (χ1) is 17.3. The Balaban J connectivity index is 1.48. The summed E-state index contributed by atoms with van der Waals surface area (Å²) in [4.78, 5) is 18.2. The molecule has 2 heterocycles. The lowest BCUT2D eigenvalue weighted by Gasteiger charge is -2.33. The van der Waals surface area contributed by atoms with E-state index in [1.54, 1.807) is 29.7 Å². The van der Waals surface area contributed by atoms with Crippen LogP contribution in [0.3, 0.4) is 0 Å². The van der Waals surface area contributed by atoms with Crippen molar-refractivity contribution in [3.8, 4) is 5.75 Å². The smallest absolute Gasteiger partial charge is 0.182 e. The van der Waals surface area contributed by atoms with Crippen molar-refractivity contribution in [1.82, 2.24) is 9.38 Å². The van der Waals surface area contributed by atoms with E-state index < -0.39 is 29.3 Å². The van der Waals surface area contributed by atoms with Crippen molar-refractivity contribution in [2.45, 2.75) is 50.4 Å². The van der Waals surface area contributed by atoms with Crippen LogP contribution < -0.4 is 4.74 Å². The first-order valence-electron chi connectivity index (χ1n) is 11.8. The lowest BCUT2D eigenvalue weighted by Crippen LogP contribution is -2.41. The van der Waals surface area contributed by atoms with Gasteiger partial charge in [0, 0.05) is 18.0 Å². The molecule has 2 N–H and O–H groups in total. The summed E-state index contributed by atoms with van der Waals surface area (Å²) in [6.45, 7) is 1.37. The van der Waals surface area contributed by atoms with Crippen molar-refractivity contribution in [3.63, 3.8) is 0 Å². The van der Waals surface area contributed by atoms with Crippen LogP contribution in [0.4, 0.5) is 8.78 Å². The van der Waals surface area contributed by atoms with Crippen LogP contribution in [0.1, 0.15) is 46.6 Å². The molecule has 0 radical (unpaired) electrons. The third kappa shape index (κ3) is 4.06. The summed E-state index contributed by atoms with van der Waals surface area (Å²) in [6, 6.07) is 16.2. The number of pyridine rings is 1. The van der Waals surface area contributed by atoms with Gasteiger partial charge in [-0.3, -0.25) is 9.20 Å². The molecule has 0 bridgehead atoms. The van der Waals surface area contributed by atoms with Gasteiger partial charge in [-0.05, 0) is 49.6 Å². The lowest BCUT2D eigenvalue weighted by atomic mass is 9.72. The van der Waals surface area contributed by atoms with Gasteiger partial charge in [-0.1, -0.05) is 36.4 Å². The van der Waals surface area contributed by atoms with Gasteiger partial charge in [0.2, 0.25) is 0 Å². The number of hydrogen-bond donors (Lipinski definition) is 2. The van der Waals surface area contributed by atoms with Crippen LogP contribution >= 0.6 is 0 Å². The molecule has 1 fully saturated rings. The average molecular weight is 493 g/mol. The summed E-state index contributed by atoms with van der Waals surface area (Å²) in [7, 11) is 0. The number of benzene rings is 2. The average Bonchev–Trinajstić information content (AvgIpc) is 3.36. The van der Waals surface area contributed by atoms with E-state index in [4.69, 9.17) is 4.74 Å². The predicted octanol–water partition coefficient (Wildman–Crippen LogP) is 4.53. The number of imidazole rings is 1. The Hall–Kier alpha value is -3.62. The summed E-state index contributed by atoms with van der Waals surface area (Å²) in [5.74, 6) is -1.38. The molecule has 2 aromatic carbocycles. The fraction of sp³-hybridized carbons (Fsp3) is 0.286. The highest BCUT2D eigenvalue weighted by atomic mass is 19.1. The van der Waals surface area contributed by atoms with Crippen LogP contribution in [-0.2, 0) is 12.0 Å². The van der Waals surface area contributed by atoms with Crippen LogP contribution in [0, 0.1) is 18.6 Å². The number of nitrogens with zero attached hydrogens (tertiary/aromatic N) is 2. The number of carbonyl (C=O) groups excluding carboxylic acids is 1. The molecule has 3 atom stereocenters.